The first kappa shape index (κ1) is 22.7. The molecule has 1 saturated carbocycles. The first-order chi connectivity index (χ1) is 14.7. The van der Waals surface area contributed by atoms with E-state index in [1.165, 1.54) is 18.2 Å². The Morgan fingerprint density at radius 1 is 1.13 bits per heavy atom. The highest BCUT2D eigenvalue weighted by molar-refractivity contribution is 5.76. The molecule has 0 bridgehead atoms. The Morgan fingerprint density at radius 3 is 2.39 bits per heavy atom. The van der Waals surface area contributed by atoms with Crippen LogP contribution >= 0.6 is 0 Å². The number of benzene rings is 2. The van der Waals surface area contributed by atoms with E-state index in [-0.39, 0.29) is 24.2 Å². The molecule has 1 unspecified atom stereocenters. The zero-order valence-electron chi connectivity index (χ0n) is 17.5. The molecular weight excluding hydrogens is 405 g/mol. The summed E-state index contributed by atoms with van der Waals surface area (Å²) in [5, 5.41) is 6.05. The van der Waals surface area contributed by atoms with Crippen LogP contribution in [-0.4, -0.2) is 18.4 Å². The zero-order chi connectivity index (χ0) is 22.5. The van der Waals surface area contributed by atoms with Crippen LogP contribution in [0.15, 0.2) is 61.2 Å². The molecular formula is C24H27F3N2O2. The van der Waals surface area contributed by atoms with E-state index in [0.29, 0.717) is 5.56 Å². The van der Waals surface area contributed by atoms with Gasteiger partial charge in [-0.3, -0.25) is 0 Å². The second-order valence-corrected chi connectivity index (χ2v) is 7.92. The summed E-state index contributed by atoms with van der Waals surface area (Å²) >= 11 is 0. The monoisotopic (exact) mass is 432 g/mol. The lowest BCUT2D eigenvalue weighted by Crippen LogP contribution is -2.52. The second kappa shape index (κ2) is 9.45. The van der Waals surface area contributed by atoms with Gasteiger partial charge < -0.3 is 15.4 Å². The lowest BCUT2D eigenvalue weighted by molar-refractivity contribution is -0.274. The number of amides is 2. The fourth-order valence-electron chi connectivity index (χ4n) is 4.17. The average molecular weight is 432 g/mol. The quantitative estimate of drug-likeness (QED) is 0.531. The summed E-state index contributed by atoms with van der Waals surface area (Å²) < 4.78 is 42.6. The van der Waals surface area contributed by atoms with Gasteiger partial charge in [-0.25, -0.2) is 4.79 Å². The van der Waals surface area contributed by atoms with Gasteiger partial charge in [0, 0.05) is 6.04 Å². The Kier molecular flexibility index (Phi) is 6.93. The Labute approximate surface area is 180 Å². The molecule has 166 valence electrons. The second-order valence-electron chi connectivity index (χ2n) is 7.92. The maximum atomic E-state index is 13.0. The molecule has 7 heteroatoms. The Bertz CT molecular complexity index is 923. The van der Waals surface area contributed by atoms with Crippen molar-refractivity contribution in [1.82, 2.24) is 10.6 Å². The molecule has 1 atom stereocenters. The van der Waals surface area contributed by atoms with Crippen LogP contribution in [0, 0.1) is 6.92 Å². The van der Waals surface area contributed by atoms with Gasteiger partial charge in [-0.2, -0.15) is 0 Å². The van der Waals surface area contributed by atoms with Crippen molar-refractivity contribution in [2.24, 2.45) is 0 Å². The summed E-state index contributed by atoms with van der Waals surface area (Å²) in [6.45, 7) is 5.75. The van der Waals surface area contributed by atoms with E-state index in [1.807, 2.05) is 31.2 Å². The van der Waals surface area contributed by atoms with Gasteiger partial charge in [0.15, 0.2) is 0 Å². The van der Waals surface area contributed by atoms with Gasteiger partial charge in [-0.15, -0.1) is 19.8 Å². The maximum absolute atomic E-state index is 13.0. The Morgan fingerprint density at radius 2 is 1.77 bits per heavy atom. The Hall–Kier alpha value is -2.96. The SMILES string of the molecule is C=CCC(NC(=O)NC1CCCC1)(c1cccc(C)c1)c1cccc(OC(F)(F)F)c1. The van der Waals surface area contributed by atoms with Crippen LogP contribution in [0.5, 0.6) is 5.75 Å². The van der Waals surface area contributed by atoms with Crippen molar-refractivity contribution in [1.29, 1.82) is 0 Å². The zero-order valence-corrected chi connectivity index (χ0v) is 17.5. The van der Waals surface area contributed by atoms with Crippen LogP contribution in [-0.2, 0) is 5.54 Å². The highest BCUT2D eigenvalue weighted by atomic mass is 19.4. The van der Waals surface area contributed by atoms with E-state index in [0.717, 1.165) is 36.8 Å². The van der Waals surface area contributed by atoms with E-state index in [4.69, 9.17) is 0 Å². The van der Waals surface area contributed by atoms with Crippen molar-refractivity contribution in [2.75, 3.05) is 0 Å². The molecule has 2 aromatic rings. The van der Waals surface area contributed by atoms with Gasteiger partial charge in [0.05, 0.1) is 5.54 Å². The molecule has 1 aliphatic rings. The van der Waals surface area contributed by atoms with Gasteiger partial charge in [0.25, 0.3) is 0 Å². The molecule has 2 amide bonds. The predicted octanol–water partition coefficient (Wildman–Crippen LogP) is 5.96. The van der Waals surface area contributed by atoms with E-state index >= 15 is 0 Å². The minimum absolute atomic E-state index is 0.0961. The smallest absolute Gasteiger partial charge is 0.406 e. The molecule has 4 nitrogen and oxygen atoms in total. The molecule has 0 heterocycles. The normalized spacial score (nSPS) is 16.4. The molecule has 3 rings (SSSR count). The summed E-state index contributed by atoms with van der Waals surface area (Å²) in [6, 6.07) is 13.0. The highest BCUT2D eigenvalue weighted by Gasteiger charge is 2.37. The fourth-order valence-corrected chi connectivity index (χ4v) is 4.17. The van der Waals surface area contributed by atoms with Gasteiger partial charge in [-0.05, 0) is 49.4 Å². The topological polar surface area (TPSA) is 50.4 Å². The van der Waals surface area contributed by atoms with Gasteiger partial charge in [-0.1, -0.05) is 60.9 Å². The number of hydrogen-bond donors (Lipinski definition) is 2. The molecule has 0 radical (unpaired) electrons. The minimum atomic E-state index is -4.81. The number of ether oxygens (including phenoxy) is 1. The third-order valence-electron chi connectivity index (χ3n) is 5.54. The molecule has 0 aliphatic heterocycles. The molecule has 2 N–H and O–H groups in total. The first-order valence-corrected chi connectivity index (χ1v) is 10.3. The standard InChI is InChI=1S/C24H27F3N2O2/c1-3-14-23(18-9-6-8-17(2)15-18,29-22(30)28-20-11-4-5-12-20)19-10-7-13-21(16-19)31-24(25,26)27/h3,6-10,13,15-16,20H,1,4-5,11-12,14H2,2H3,(H2,28,29,30). The predicted molar refractivity (Wildman–Crippen MR) is 114 cm³/mol. The van der Waals surface area contributed by atoms with Crippen LogP contribution in [0.2, 0.25) is 0 Å². The summed E-state index contributed by atoms with van der Waals surface area (Å²) in [6.07, 6.45) is 1.09. The van der Waals surface area contributed by atoms with Gasteiger partial charge >= 0.3 is 12.4 Å². The van der Waals surface area contributed by atoms with Crippen LogP contribution < -0.4 is 15.4 Å². The third kappa shape index (κ3) is 5.81. The number of carbonyl (C=O) groups excluding carboxylic acids is 1. The van der Waals surface area contributed by atoms with Crippen molar-refractivity contribution >= 4 is 6.03 Å². The van der Waals surface area contributed by atoms with E-state index in [2.05, 4.69) is 21.9 Å². The van der Waals surface area contributed by atoms with Crippen molar-refractivity contribution in [3.63, 3.8) is 0 Å². The van der Waals surface area contributed by atoms with E-state index in [1.54, 1.807) is 12.1 Å². The number of hydrogen-bond acceptors (Lipinski definition) is 2. The van der Waals surface area contributed by atoms with Gasteiger partial charge in [0.1, 0.15) is 5.75 Å². The summed E-state index contributed by atoms with van der Waals surface area (Å²) in [5.74, 6) is -0.343. The highest BCUT2D eigenvalue weighted by Crippen LogP contribution is 2.36. The summed E-state index contributed by atoms with van der Waals surface area (Å²) in [7, 11) is 0. The maximum Gasteiger partial charge on any atom is 0.573 e. The number of halogens is 3. The average Bonchev–Trinajstić information content (AvgIpc) is 3.19. The van der Waals surface area contributed by atoms with Crippen molar-refractivity contribution in [3.05, 3.63) is 77.9 Å². The van der Waals surface area contributed by atoms with E-state index in [9.17, 15) is 18.0 Å². The first-order valence-electron chi connectivity index (χ1n) is 10.3. The molecule has 0 saturated heterocycles. The van der Waals surface area contributed by atoms with Crippen LogP contribution in [0.1, 0.15) is 48.8 Å². The number of urea groups is 1. The van der Waals surface area contributed by atoms with Crippen LogP contribution in [0.3, 0.4) is 0 Å². The van der Waals surface area contributed by atoms with Crippen LogP contribution in [0.25, 0.3) is 0 Å². The fraction of sp³-hybridized carbons (Fsp3) is 0.375. The number of carbonyl (C=O) groups is 1. The number of nitrogens with one attached hydrogen (secondary N) is 2. The van der Waals surface area contributed by atoms with E-state index < -0.39 is 11.9 Å². The van der Waals surface area contributed by atoms with Crippen molar-refractivity contribution in [2.45, 2.75) is 57.0 Å². The molecule has 0 spiro atoms. The number of aryl methyl sites for hydroxylation is 1. The molecule has 1 aliphatic carbocycles. The summed E-state index contributed by atoms with van der Waals surface area (Å²) in [4.78, 5) is 13.0. The number of rotatable bonds is 7. The molecule has 2 aromatic carbocycles. The van der Waals surface area contributed by atoms with Gasteiger partial charge in [0.2, 0.25) is 0 Å². The lowest BCUT2D eigenvalue weighted by atomic mass is 9.79. The lowest BCUT2D eigenvalue weighted by Gasteiger charge is -2.36. The molecule has 31 heavy (non-hydrogen) atoms. The van der Waals surface area contributed by atoms with Crippen LogP contribution in [0.4, 0.5) is 18.0 Å². The summed E-state index contributed by atoms with van der Waals surface area (Å²) in [5.41, 5.74) is 1.08. The Balaban J connectivity index is 2.05. The molecule has 1 fully saturated rings. The largest absolute Gasteiger partial charge is 0.573 e. The van der Waals surface area contributed by atoms with Crippen molar-refractivity contribution in [3.8, 4) is 5.75 Å². The number of alkyl halides is 3. The third-order valence-corrected chi connectivity index (χ3v) is 5.54. The van der Waals surface area contributed by atoms with Crippen molar-refractivity contribution < 1.29 is 22.7 Å². The minimum Gasteiger partial charge on any atom is -0.406 e. The molecule has 0 aromatic heterocycles.